The van der Waals surface area contributed by atoms with Crippen molar-refractivity contribution < 1.29 is 5.11 Å². The maximum atomic E-state index is 10.1. The van der Waals surface area contributed by atoms with E-state index in [1.165, 1.54) is 12.8 Å². The fourth-order valence-electron chi connectivity index (χ4n) is 2.63. The Labute approximate surface area is 124 Å². The molecular formula is C14H19ClN2OS. The molecule has 0 spiro atoms. The maximum Gasteiger partial charge on any atom is 0.120 e. The summed E-state index contributed by atoms with van der Waals surface area (Å²) in [5.74, 6) is 0.200. The molecule has 0 amide bonds. The van der Waals surface area contributed by atoms with Crippen LogP contribution in [0.3, 0.4) is 0 Å². The molecule has 5 heteroatoms. The summed E-state index contributed by atoms with van der Waals surface area (Å²) in [6, 6.07) is 4.79. The normalized spacial score (nSPS) is 18.8. The zero-order chi connectivity index (χ0) is 13.8. The first-order valence-electron chi connectivity index (χ1n) is 6.61. The van der Waals surface area contributed by atoms with Crippen LogP contribution in [0.2, 0.25) is 5.02 Å². The molecule has 1 aliphatic rings. The van der Waals surface area contributed by atoms with Crippen LogP contribution < -0.4 is 5.73 Å². The van der Waals surface area contributed by atoms with Crippen molar-refractivity contribution in [1.82, 2.24) is 4.90 Å². The highest BCUT2D eigenvalue weighted by Gasteiger charge is 2.26. The third-order valence-electron chi connectivity index (χ3n) is 3.56. The second-order valence-electron chi connectivity index (χ2n) is 4.96. The van der Waals surface area contributed by atoms with Crippen LogP contribution in [0.1, 0.15) is 37.3 Å². The zero-order valence-electron chi connectivity index (χ0n) is 10.8. The molecule has 1 fully saturated rings. The SMILES string of the molecule is NC(=S)C(c1cc(Cl)ccc1O)N1CCCCCC1. The van der Waals surface area contributed by atoms with Gasteiger partial charge in [0.15, 0.2) is 0 Å². The average Bonchev–Trinajstić information content (AvgIpc) is 2.62. The van der Waals surface area contributed by atoms with Gasteiger partial charge in [-0.15, -0.1) is 0 Å². The standard InChI is InChI=1S/C14H19ClN2OS/c15-10-5-6-12(18)11(9-10)13(14(16)19)17-7-3-1-2-4-8-17/h5-6,9,13,18H,1-4,7-8H2,(H2,16,19). The molecule has 19 heavy (non-hydrogen) atoms. The van der Waals surface area contributed by atoms with Crippen LogP contribution in [0.25, 0.3) is 0 Å². The Morgan fingerprint density at radius 1 is 1.26 bits per heavy atom. The first-order chi connectivity index (χ1) is 9.09. The smallest absolute Gasteiger partial charge is 0.120 e. The summed E-state index contributed by atoms with van der Waals surface area (Å²) in [7, 11) is 0. The van der Waals surface area contributed by atoms with E-state index in [2.05, 4.69) is 4.90 Å². The van der Waals surface area contributed by atoms with E-state index in [0.717, 1.165) is 25.9 Å². The second-order valence-corrected chi connectivity index (χ2v) is 5.87. The molecule has 1 unspecified atom stereocenters. The Bertz CT molecular complexity index is 459. The van der Waals surface area contributed by atoms with Crippen LogP contribution in [-0.2, 0) is 0 Å². The third kappa shape index (κ3) is 3.59. The van der Waals surface area contributed by atoms with E-state index in [-0.39, 0.29) is 11.8 Å². The lowest BCUT2D eigenvalue weighted by Crippen LogP contribution is -2.37. The van der Waals surface area contributed by atoms with E-state index >= 15 is 0 Å². The number of rotatable bonds is 3. The number of hydrogen-bond donors (Lipinski definition) is 2. The van der Waals surface area contributed by atoms with E-state index in [1.54, 1.807) is 18.2 Å². The number of thiocarbonyl (C=S) groups is 1. The Morgan fingerprint density at radius 2 is 1.89 bits per heavy atom. The Kier molecular flexibility index (Phi) is 5.02. The minimum absolute atomic E-state index is 0.200. The fourth-order valence-corrected chi connectivity index (χ4v) is 3.08. The second kappa shape index (κ2) is 6.55. The minimum Gasteiger partial charge on any atom is -0.508 e. The lowest BCUT2D eigenvalue weighted by molar-refractivity contribution is 0.251. The number of nitrogens with zero attached hydrogens (tertiary/aromatic N) is 1. The first kappa shape index (κ1) is 14.6. The van der Waals surface area contributed by atoms with E-state index in [9.17, 15) is 5.11 Å². The summed E-state index contributed by atoms with van der Waals surface area (Å²) in [5.41, 5.74) is 6.62. The maximum absolute atomic E-state index is 10.1. The highest BCUT2D eigenvalue weighted by molar-refractivity contribution is 7.80. The van der Waals surface area contributed by atoms with Crippen LogP contribution in [0.15, 0.2) is 18.2 Å². The number of phenols is 1. The molecule has 3 N–H and O–H groups in total. The molecule has 1 aromatic rings. The Hall–Kier alpha value is -0.840. The predicted octanol–water partition coefficient (Wildman–Crippen LogP) is 3.25. The van der Waals surface area contributed by atoms with Crippen LogP contribution in [0, 0.1) is 0 Å². The summed E-state index contributed by atoms with van der Waals surface area (Å²) in [4.78, 5) is 2.64. The van der Waals surface area contributed by atoms with Gasteiger partial charge in [0.2, 0.25) is 0 Å². The van der Waals surface area contributed by atoms with Crippen molar-refractivity contribution in [2.45, 2.75) is 31.7 Å². The van der Waals surface area contributed by atoms with Gasteiger partial charge < -0.3 is 10.8 Å². The highest BCUT2D eigenvalue weighted by Crippen LogP contribution is 2.32. The van der Waals surface area contributed by atoms with Gasteiger partial charge in [-0.25, -0.2) is 0 Å². The number of aromatic hydroxyl groups is 1. The van der Waals surface area contributed by atoms with Crippen LogP contribution in [-0.4, -0.2) is 28.1 Å². The van der Waals surface area contributed by atoms with Gasteiger partial charge >= 0.3 is 0 Å². The van der Waals surface area contributed by atoms with Crippen LogP contribution >= 0.6 is 23.8 Å². The molecule has 1 heterocycles. The predicted molar refractivity (Wildman–Crippen MR) is 82.7 cm³/mol. The van der Waals surface area contributed by atoms with Gasteiger partial charge in [0.05, 0.1) is 11.0 Å². The minimum atomic E-state index is -0.230. The average molecular weight is 299 g/mol. The molecular weight excluding hydrogens is 280 g/mol. The van der Waals surface area contributed by atoms with Gasteiger partial charge in [-0.2, -0.15) is 0 Å². The Morgan fingerprint density at radius 3 is 2.47 bits per heavy atom. The molecule has 0 aromatic heterocycles. The Balaban J connectivity index is 2.33. The molecule has 0 saturated carbocycles. The van der Waals surface area contributed by atoms with Gasteiger partial charge in [-0.05, 0) is 44.1 Å². The van der Waals surface area contributed by atoms with Crippen molar-refractivity contribution in [1.29, 1.82) is 0 Å². The van der Waals surface area contributed by atoms with E-state index < -0.39 is 0 Å². The highest BCUT2D eigenvalue weighted by atomic mass is 35.5. The summed E-state index contributed by atoms with van der Waals surface area (Å²) in [6.45, 7) is 1.90. The van der Waals surface area contributed by atoms with Crippen molar-refractivity contribution in [2.24, 2.45) is 5.73 Å². The number of benzene rings is 1. The molecule has 0 bridgehead atoms. The molecule has 0 radical (unpaired) electrons. The van der Waals surface area contributed by atoms with E-state index in [4.69, 9.17) is 29.6 Å². The topological polar surface area (TPSA) is 49.5 Å². The number of likely N-dealkylation sites (tertiary alicyclic amines) is 1. The number of halogens is 1. The molecule has 1 atom stereocenters. The first-order valence-corrected chi connectivity index (χ1v) is 7.40. The lowest BCUT2D eigenvalue weighted by Gasteiger charge is -2.30. The largest absolute Gasteiger partial charge is 0.508 e. The summed E-state index contributed by atoms with van der Waals surface area (Å²) >= 11 is 11.2. The van der Waals surface area contributed by atoms with Crippen LogP contribution in [0.4, 0.5) is 0 Å². The molecule has 1 saturated heterocycles. The van der Waals surface area contributed by atoms with Crippen molar-refractivity contribution >= 4 is 28.8 Å². The van der Waals surface area contributed by atoms with Gasteiger partial charge in [0.25, 0.3) is 0 Å². The van der Waals surface area contributed by atoms with Crippen LogP contribution in [0.5, 0.6) is 5.75 Å². The summed E-state index contributed by atoms with van der Waals surface area (Å²) in [5, 5.41) is 10.6. The van der Waals surface area contributed by atoms with E-state index in [0.29, 0.717) is 15.6 Å². The summed E-state index contributed by atoms with van der Waals surface area (Å²) in [6.07, 6.45) is 4.76. The quantitative estimate of drug-likeness (QED) is 0.841. The van der Waals surface area contributed by atoms with Gasteiger partial charge in [-0.3, -0.25) is 4.90 Å². The van der Waals surface area contributed by atoms with Gasteiger partial charge in [0, 0.05) is 10.6 Å². The number of hydrogen-bond acceptors (Lipinski definition) is 3. The van der Waals surface area contributed by atoms with Gasteiger partial charge in [-0.1, -0.05) is 36.7 Å². The zero-order valence-corrected chi connectivity index (χ0v) is 12.4. The van der Waals surface area contributed by atoms with Gasteiger partial charge in [0.1, 0.15) is 5.75 Å². The lowest BCUT2D eigenvalue weighted by atomic mass is 10.0. The summed E-state index contributed by atoms with van der Waals surface area (Å²) < 4.78 is 0. The molecule has 104 valence electrons. The fraction of sp³-hybridized carbons (Fsp3) is 0.500. The van der Waals surface area contributed by atoms with Crippen molar-refractivity contribution in [3.05, 3.63) is 28.8 Å². The molecule has 1 aliphatic heterocycles. The molecule has 3 nitrogen and oxygen atoms in total. The van der Waals surface area contributed by atoms with Crippen molar-refractivity contribution in [2.75, 3.05) is 13.1 Å². The monoisotopic (exact) mass is 298 g/mol. The van der Waals surface area contributed by atoms with E-state index in [1.807, 2.05) is 0 Å². The molecule has 1 aromatic carbocycles. The molecule has 2 rings (SSSR count). The third-order valence-corrected chi connectivity index (χ3v) is 4.02. The van der Waals surface area contributed by atoms with Crippen molar-refractivity contribution in [3.63, 3.8) is 0 Å². The number of phenolic OH excluding ortho intramolecular Hbond substituents is 1. The molecule has 0 aliphatic carbocycles. The number of nitrogens with two attached hydrogens (primary N) is 1. The van der Waals surface area contributed by atoms with Crippen molar-refractivity contribution in [3.8, 4) is 5.75 Å².